The van der Waals surface area contributed by atoms with Gasteiger partial charge in [-0.15, -0.1) is 0 Å². The second-order valence-electron chi connectivity index (χ2n) is 4.10. The van der Waals surface area contributed by atoms with Crippen molar-refractivity contribution in [1.82, 2.24) is 0 Å². The topological polar surface area (TPSA) is 27.7 Å². The fourth-order valence-electron chi connectivity index (χ4n) is 1.93. The third-order valence-electron chi connectivity index (χ3n) is 3.03. The van der Waals surface area contributed by atoms with Crippen molar-refractivity contribution in [2.75, 3.05) is 21.3 Å². The van der Waals surface area contributed by atoms with Crippen LogP contribution in [0.15, 0.2) is 24.3 Å². The zero-order valence-electron chi connectivity index (χ0n) is 11.2. The number of halogens is 1. The Hall–Kier alpha value is -0.203. The normalized spacial score (nSPS) is 11.8. The maximum Gasteiger partial charge on any atom is 0.500 e. The number of hydrogen-bond acceptors (Lipinski definition) is 3. The maximum atomic E-state index is 5.41. The smallest absolute Gasteiger partial charge is 0.377 e. The van der Waals surface area contributed by atoms with E-state index in [-0.39, 0.29) is 0 Å². The van der Waals surface area contributed by atoms with Crippen molar-refractivity contribution >= 4 is 24.7 Å². The standard InChI is InChI=1S/C13H21BrO3Si/c1-15-18(16-2,17-3)9-5-8-12-6-4-7-13(10-12)11-14/h4,6-7,10H,5,8-9,11H2,1-3H3. The molecule has 0 spiro atoms. The van der Waals surface area contributed by atoms with Crippen molar-refractivity contribution in [3.8, 4) is 0 Å². The summed E-state index contributed by atoms with van der Waals surface area (Å²) in [5, 5.41) is 0.897. The molecule has 0 aliphatic heterocycles. The highest BCUT2D eigenvalue weighted by Crippen LogP contribution is 2.18. The Bertz CT molecular complexity index is 348. The van der Waals surface area contributed by atoms with E-state index in [1.54, 1.807) is 21.3 Å². The van der Waals surface area contributed by atoms with Crippen LogP contribution in [0.5, 0.6) is 0 Å². The molecule has 0 radical (unpaired) electrons. The van der Waals surface area contributed by atoms with Crippen LogP contribution in [0.4, 0.5) is 0 Å². The average molecular weight is 333 g/mol. The largest absolute Gasteiger partial charge is 0.500 e. The molecule has 0 N–H and O–H groups in total. The molecule has 3 nitrogen and oxygen atoms in total. The van der Waals surface area contributed by atoms with Crippen LogP contribution < -0.4 is 0 Å². The van der Waals surface area contributed by atoms with E-state index in [0.29, 0.717) is 0 Å². The third kappa shape index (κ3) is 4.48. The van der Waals surface area contributed by atoms with E-state index < -0.39 is 8.80 Å². The molecule has 0 unspecified atom stereocenters. The second kappa shape index (κ2) is 8.07. The van der Waals surface area contributed by atoms with Crippen LogP contribution in [-0.4, -0.2) is 30.1 Å². The lowest BCUT2D eigenvalue weighted by molar-refractivity contribution is 0.123. The van der Waals surface area contributed by atoms with Crippen LogP contribution in [0.2, 0.25) is 6.04 Å². The van der Waals surface area contributed by atoms with Gasteiger partial charge in [-0.3, -0.25) is 0 Å². The fraction of sp³-hybridized carbons (Fsp3) is 0.538. The van der Waals surface area contributed by atoms with Crippen molar-refractivity contribution in [3.05, 3.63) is 35.4 Å². The molecule has 1 aromatic rings. The van der Waals surface area contributed by atoms with Gasteiger partial charge in [0.15, 0.2) is 0 Å². The lowest BCUT2D eigenvalue weighted by atomic mass is 10.1. The first kappa shape index (κ1) is 15.9. The van der Waals surface area contributed by atoms with Crippen molar-refractivity contribution in [1.29, 1.82) is 0 Å². The predicted octanol–water partition coefficient (Wildman–Crippen LogP) is 3.39. The molecule has 0 aromatic heterocycles. The Morgan fingerprint density at radius 3 is 2.22 bits per heavy atom. The van der Waals surface area contributed by atoms with E-state index in [9.17, 15) is 0 Å². The summed E-state index contributed by atoms with van der Waals surface area (Å²) in [6, 6.07) is 9.44. The monoisotopic (exact) mass is 332 g/mol. The first-order valence-corrected chi connectivity index (χ1v) is 9.04. The van der Waals surface area contributed by atoms with Gasteiger partial charge in [-0.25, -0.2) is 0 Å². The van der Waals surface area contributed by atoms with Gasteiger partial charge >= 0.3 is 8.80 Å². The van der Waals surface area contributed by atoms with Crippen LogP contribution in [0.1, 0.15) is 17.5 Å². The first-order valence-electron chi connectivity index (χ1n) is 5.99. The molecule has 0 fully saturated rings. The Morgan fingerprint density at radius 2 is 1.67 bits per heavy atom. The Labute approximate surface area is 119 Å². The zero-order valence-corrected chi connectivity index (χ0v) is 13.8. The molecule has 0 atom stereocenters. The zero-order chi connectivity index (χ0) is 13.4. The molecule has 5 heteroatoms. The third-order valence-corrected chi connectivity index (χ3v) is 6.51. The fourth-order valence-corrected chi connectivity index (χ4v) is 4.00. The highest BCUT2D eigenvalue weighted by Gasteiger charge is 2.36. The van der Waals surface area contributed by atoms with Gasteiger partial charge in [0.2, 0.25) is 0 Å². The number of aryl methyl sites for hydroxylation is 1. The van der Waals surface area contributed by atoms with E-state index in [1.165, 1.54) is 11.1 Å². The van der Waals surface area contributed by atoms with E-state index >= 15 is 0 Å². The Balaban J connectivity index is 2.49. The average Bonchev–Trinajstić information content (AvgIpc) is 2.44. The summed E-state index contributed by atoms with van der Waals surface area (Å²) < 4.78 is 16.2. The van der Waals surface area contributed by atoms with Gasteiger partial charge in [0.25, 0.3) is 0 Å². The summed E-state index contributed by atoms with van der Waals surface area (Å²) >= 11 is 3.47. The molecule has 0 heterocycles. The SMILES string of the molecule is CO[Si](CCCc1cccc(CBr)c1)(OC)OC. The molecule has 0 amide bonds. The number of hydrogen-bond donors (Lipinski definition) is 0. The molecule has 0 saturated carbocycles. The summed E-state index contributed by atoms with van der Waals surface area (Å²) in [7, 11) is 2.57. The summed E-state index contributed by atoms with van der Waals surface area (Å²) in [5.74, 6) is 0. The molecule has 0 saturated heterocycles. The summed E-state index contributed by atoms with van der Waals surface area (Å²) in [4.78, 5) is 0. The van der Waals surface area contributed by atoms with Crippen LogP contribution in [0, 0.1) is 0 Å². The summed E-state index contributed by atoms with van der Waals surface area (Å²) in [6.45, 7) is 0. The van der Waals surface area contributed by atoms with Gasteiger partial charge in [-0.05, 0) is 24.0 Å². The second-order valence-corrected chi connectivity index (χ2v) is 7.75. The van der Waals surface area contributed by atoms with E-state index in [0.717, 1.165) is 24.2 Å². The van der Waals surface area contributed by atoms with Crippen LogP contribution >= 0.6 is 15.9 Å². The minimum absolute atomic E-state index is 0.842. The van der Waals surface area contributed by atoms with Gasteiger partial charge < -0.3 is 13.3 Å². The van der Waals surface area contributed by atoms with Gasteiger partial charge in [-0.2, -0.15) is 0 Å². The Kier molecular flexibility index (Phi) is 7.10. The van der Waals surface area contributed by atoms with Crippen molar-refractivity contribution < 1.29 is 13.3 Å². The quantitative estimate of drug-likeness (QED) is 0.539. The molecule has 0 bridgehead atoms. The highest BCUT2D eigenvalue weighted by atomic mass is 79.9. The Morgan fingerprint density at radius 1 is 1.06 bits per heavy atom. The van der Waals surface area contributed by atoms with Gasteiger partial charge in [-0.1, -0.05) is 40.2 Å². The minimum Gasteiger partial charge on any atom is -0.377 e. The number of rotatable bonds is 8. The van der Waals surface area contributed by atoms with E-state index in [1.807, 2.05) is 0 Å². The molecule has 18 heavy (non-hydrogen) atoms. The van der Waals surface area contributed by atoms with Gasteiger partial charge in [0.1, 0.15) is 0 Å². The summed E-state index contributed by atoms with van der Waals surface area (Å²) in [6.07, 6.45) is 2.03. The van der Waals surface area contributed by atoms with Crippen LogP contribution in [0.3, 0.4) is 0 Å². The first-order chi connectivity index (χ1) is 8.69. The van der Waals surface area contributed by atoms with Crippen LogP contribution in [0.25, 0.3) is 0 Å². The van der Waals surface area contributed by atoms with Gasteiger partial charge in [0.05, 0.1) is 0 Å². The molecule has 1 rings (SSSR count). The predicted molar refractivity (Wildman–Crippen MR) is 79.0 cm³/mol. The highest BCUT2D eigenvalue weighted by molar-refractivity contribution is 9.08. The minimum atomic E-state index is -2.40. The van der Waals surface area contributed by atoms with E-state index in [2.05, 4.69) is 40.2 Å². The molecule has 1 aromatic carbocycles. The number of alkyl halides is 1. The molecule has 0 aliphatic carbocycles. The molecular weight excluding hydrogens is 312 g/mol. The molecular formula is C13H21BrO3Si. The van der Waals surface area contributed by atoms with Gasteiger partial charge in [0, 0.05) is 32.7 Å². The lowest BCUT2D eigenvalue weighted by Crippen LogP contribution is -2.42. The molecule has 102 valence electrons. The maximum absolute atomic E-state index is 5.41. The molecule has 0 aliphatic rings. The van der Waals surface area contributed by atoms with E-state index in [4.69, 9.17) is 13.3 Å². The van der Waals surface area contributed by atoms with Crippen molar-refractivity contribution in [3.63, 3.8) is 0 Å². The van der Waals surface area contributed by atoms with Crippen LogP contribution in [-0.2, 0) is 25.0 Å². The van der Waals surface area contributed by atoms with Crippen molar-refractivity contribution in [2.24, 2.45) is 0 Å². The lowest BCUT2D eigenvalue weighted by Gasteiger charge is -2.24. The summed E-state index contributed by atoms with van der Waals surface area (Å²) in [5.41, 5.74) is 2.65. The van der Waals surface area contributed by atoms with Crippen molar-refractivity contribution in [2.45, 2.75) is 24.2 Å². The number of benzene rings is 1.